The van der Waals surface area contributed by atoms with Crippen LogP contribution in [0.5, 0.6) is 0 Å². The number of fused-ring (bicyclic) bond motifs is 1. The minimum Gasteiger partial charge on any atom is -0.457 e. The van der Waals surface area contributed by atoms with Gasteiger partial charge in [-0.1, -0.05) is 12.2 Å². The Morgan fingerprint density at radius 3 is 2.93 bits per heavy atom. The number of epoxide rings is 1. The third-order valence-electron chi connectivity index (χ3n) is 2.25. The summed E-state index contributed by atoms with van der Waals surface area (Å²) >= 11 is 0. The maximum atomic E-state index is 11.1. The molecule has 2 rings (SSSR count). The Bertz CT molecular complexity index is 294. The van der Waals surface area contributed by atoms with Crippen LogP contribution >= 0.6 is 0 Å². The van der Waals surface area contributed by atoms with E-state index >= 15 is 0 Å². The minimum absolute atomic E-state index is 0.0288. The molecule has 4 heteroatoms. The molecule has 4 nitrogen and oxygen atoms in total. The Morgan fingerprint density at radius 1 is 1.36 bits per heavy atom. The summed E-state index contributed by atoms with van der Waals surface area (Å²) < 4.78 is 10.3. The van der Waals surface area contributed by atoms with Gasteiger partial charge in [-0.05, 0) is 13.0 Å². The van der Waals surface area contributed by atoms with E-state index in [1.54, 1.807) is 19.1 Å². The number of hydrogen-bond acceptors (Lipinski definition) is 4. The topological polar surface area (TPSA) is 59.1 Å². The Balaban J connectivity index is 2.11. The lowest BCUT2D eigenvalue weighted by Crippen LogP contribution is -2.21. The van der Waals surface area contributed by atoms with Crippen molar-refractivity contribution < 1.29 is 19.4 Å². The summed E-state index contributed by atoms with van der Waals surface area (Å²) in [6, 6.07) is 0. The van der Waals surface area contributed by atoms with Gasteiger partial charge in [0.25, 0.3) is 0 Å². The normalized spacial score (nSPS) is 46.0. The van der Waals surface area contributed by atoms with Gasteiger partial charge in [0.1, 0.15) is 18.3 Å². The average Bonchev–Trinajstić information content (AvgIpc) is 2.89. The van der Waals surface area contributed by atoms with Crippen molar-refractivity contribution in [3.05, 3.63) is 24.3 Å². The molecule has 1 saturated heterocycles. The van der Waals surface area contributed by atoms with E-state index in [2.05, 4.69) is 0 Å². The number of cyclic esters (lactones) is 1. The van der Waals surface area contributed by atoms with Gasteiger partial charge in [-0.2, -0.15) is 0 Å². The van der Waals surface area contributed by atoms with E-state index in [-0.39, 0.29) is 18.3 Å². The van der Waals surface area contributed by atoms with Gasteiger partial charge < -0.3 is 14.6 Å². The van der Waals surface area contributed by atoms with Crippen LogP contribution < -0.4 is 0 Å². The van der Waals surface area contributed by atoms with Gasteiger partial charge in [0.05, 0.1) is 6.10 Å². The number of aliphatic hydroxyl groups is 1. The molecule has 0 spiro atoms. The monoisotopic (exact) mass is 196 g/mol. The second kappa shape index (κ2) is 3.55. The minimum atomic E-state index is -0.749. The van der Waals surface area contributed by atoms with Crippen LogP contribution in [0.1, 0.15) is 6.92 Å². The van der Waals surface area contributed by atoms with Crippen LogP contribution in [0.15, 0.2) is 24.3 Å². The summed E-state index contributed by atoms with van der Waals surface area (Å²) in [5, 5.41) is 9.31. The van der Waals surface area contributed by atoms with Crippen LogP contribution in [0.2, 0.25) is 0 Å². The van der Waals surface area contributed by atoms with Gasteiger partial charge in [0.2, 0.25) is 0 Å². The highest BCUT2D eigenvalue weighted by Crippen LogP contribution is 2.28. The predicted molar refractivity (Wildman–Crippen MR) is 48.5 cm³/mol. The smallest absolute Gasteiger partial charge is 0.330 e. The SMILES string of the molecule is C[C@H]1OC(=O)/C=C\C(O)/C=C/[C@H]2O[C@@H]12. The van der Waals surface area contributed by atoms with Gasteiger partial charge in [-0.25, -0.2) is 4.79 Å². The van der Waals surface area contributed by atoms with Crippen LogP contribution in [0.3, 0.4) is 0 Å². The molecule has 2 aliphatic rings. The molecule has 1 fully saturated rings. The third kappa shape index (κ3) is 2.02. The highest BCUT2D eigenvalue weighted by molar-refractivity contribution is 5.82. The molecule has 0 aromatic rings. The number of ether oxygens (including phenoxy) is 2. The van der Waals surface area contributed by atoms with Gasteiger partial charge in [0.15, 0.2) is 0 Å². The lowest BCUT2D eigenvalue weighted by atomic mass is 10.2. The molecule has 0 bridgehead atoms. The van der Waals surface area contributed by atoms with E-state index in [0.717, 1.165) is 0 Å². The first kappa shape index (κ1) is 9.43. The first-order valence-corrected chi connectivity index (χ1v) is 4.57. The Labute approximate surface area is 81.8 Å². The fraction of sp³-hybridized carbons (Fsp3) is 0.500. The summed E-state index contributed by atoms with van der Waals surface area (Å²) in [6.07, 6.45) is 4.93. The molecule has 0 amide bonds. The molecule has 14 heavy (non-hydrogen) atoms. The van der Waals surface area contributed by atoms with Gasteiger partial charge in [-0.3, -0.25) is 0 Å². The number of carbonyl (C=O) groups is 1. The van der Waals surface area contributed by atoms with Crippen molar-refractivity contribution in [2.75, 3.05) is 0 Å². The van der Waals surface area contributed by atoms with Crippen molar-refractivity contribution in [1.29, 1.82) is 0 Å². The molecule has 2 aliphatic heterocycles. The molecule has 0 aromatic heterocycles. The summed E-state index contributed by atoms with van der Waals surface area (Å²) in [4.78, 5) is 11.1. The van der Waals surface area contributed by atoms with Crippen LogP contribution in [0.25, 0.3) is 0 Å². The standard InChI is InChI=1S/C10H12O4/c1-6-10-8(14-10)4-2-7(11)3-5-9(12)13-6/h2-8,10-11H,1H3/b4-2+,5-3-/t6-,7?,8-,10+/m1/s1. The number of hydrogen-bond donors (Lipinski definition) is 1. The molecule has 0 aliphatic carbocycles. The number of carbonyl (C=O) groups excluding carboxylic acids is 1. The number of aliphatic hydroxyl groups excluding tert-OH is 1. The van der Waals surface area contributed by atoms with Crippen molar-refractivity contribution in [2.24, 2.45) is 0 Å². The van der Waals surface area contributed by atoms with E-state index in [0.29, 0.717) is 0 Å². The van der Waals surface area contributed by atoms with Crippen LogP contribution in [0, 0.1) is 0 Å². The Hall–Kier alpha value is -1.13. The molecule has 0 aromatic carbocycles. The molecule has 2 heterocycles. The molecule has 76 valence electrons. The molecule has 1 N–H and O–H groups in total. The second-order valence-electron chi connectivity index (χ2n) is 3.44. The summed E-state index contributed by atoms with van der Waals surface area (Å²) in [7, 11) is 0. The van der Waals surface area contributed by atoms with E-state index in [1.165, 1.54) is 12.2 Å². The van der Waals surface area contributed by atoms with Crippen molar-refractivity contribution in [3.63, 3.8) is 0 Å². The van der Waals surface area contributed by atoms with Crippen molar-refractivity contribution in [1.82, 2.24) is 0 Å². The lowest BCUT2D eigenvalue weighted by molar-refractivity contribution is -0.143. The van der Waals surface area contributed by atoms with Gasteiger partial charge in [0, 0.05) is 6.08 Å². The zero-order valence-electron chi connectivity index (χ0n) is 7.79. The van der Waals surface area contributed by atoms with Gasteiger partial charge in [-0.15, -0.1) is 0 Å². The largest absolute Gasteiger partial charge is 0.457 e. The van der Waals surface area contributed by atoms with E-state index in [1.807, 2.05) is 0 Å². The van der Waals surface area contributed by atoms with E-state index in [4.69, 9.17) is 9.47 Å². The fourth-order valence-corrected chi connectivity index (χ4v) is 1.42. The molecular formula is C10H12O4. The Kier molecular flexibility index (Phi) is 2.39. The summed E-state index contributed by atoms with van der Waals surface area (Å²) in [6.45, 7) is 1.79. The van der Waals surface area contributed by atoms with Crippen molar-refractivity contribution >= 4 is 5.97 Å². The van der Waals surface area contributed by atoms with Gasteiger partial charge >= 0.3 is 5.97 Å². The first-order valence-electron chi connectivity index (χ1n) is 4.57. The van der Waals surface area contributed by atoms with Crippen molar-refractivity contribution in [3.8, 4) is 0 Å². The number of rotatable bonds is 0. The van der Waals surface area contributed by atoms with Crippen molar-refractivity contribution in [2.45, 2.75) is 31.3 Å². The maximum absolute atomic E-state index is 11.1. The van der Waals surface area contributed by atoms with E-state index in [9.17, 15) is 9.90 Å². The summed E-state index contributed by atoms with van der Waals surface area (Å²) in [5.41, 5.74) is 0. The molecule has 0 radical (unpaired) electrons. The molecule has 4 atom stereocenters. The summed E-state index contributed by atoms with van der Waals surface area (Å²) in [5.74, 6) is -0.443. The Morgan fingerprint density at radius 2 is 2.14 bits per heavy atom. The molecular weight excluding hydrogens is 184 g/mol. The lowest BCUT2D eigenvalue weighted by Gasteiger charge is -2.09. The molecule has 1 unspecified atom stereocenters. The fourth-order valence-electron chi connectivity index (χ4n) is 1.42. The van der Waals surface area contributed by atoms with E-state index < -0.39 is 12.1 Å². The zero-order chi connectivity index (χ0) is 10.1. The highest BCUT2D eigenvalue weighted by atomic mass is 16.6. The predicted octanol–water partition coefficient (Wildman–Crippen LogP) is 0.172. The van der Waals surface area contributed by atoms with Crippen LogP contribution in [-0.4, -0.2) is 35.5 Å². The zero-order valence-corrected chi connectivity index (χ0v) is 7.79. The average molecular weight is 196 g/mol. The van der Waals surface area contributed by atoms with Crippen LogP contribution in [-0.2, 0) is 14.3 Å². The molecule has 0 saturated carbocycles. The first-order chi connectivity index (χ1) is 6.66. The quantitative estimate of drug-likeness (QED) is 0.341. The second-order valence-corrected chi connectivity index (χ2v) is 3.44. The maximum Gasteiger partial charge on any atom is 0.330 e. The third-order valence-corrected chi connectivity index (χ3v) is 2.25. The number of esters is 1. The highest BCUT2D eigenvalue weighted by Gasteiger charge is 2.43. The van der Waals surface area contributed by atoms with Crippen LogP contribution in [0.4, 0.5) is 0 Å².